The normalized spacial score (nSPS) is 9.13. The molecule has 1 aromatic carbocycles. The van der Waals surface area contributed by atoms with Gasteiger partial charge in [-0.3, -0.25) is 10.1 Å². The summed E-state index contributed by atoms with van der Waals surface area (Å²) < 4.78 is 30.1. The molecule has 0 aliphatic carbocycles. The Hall–Kier alpha value is -2.16. The number of nitriles is 1. The molecule has 78 valence electrons. The first-order valence-electron chi connectivity index (χ1n) is 3.89. The molecule has 4 nitrogen and oxygen atoms in total. The molecule has 0 aliphatic heterocycles. The SMILES string of the molecule is N#CNC(=O)COc1ccc(F)cc1F. The minimum atomic E-state index is -0.903. The Kier molecular flexibility index (Phi) is 3.57. The zero-order chi connectivity index (χ0) is 11.3. The topological polar surface area (TPSA) is 62.1 Å². The zero-order valence-electron chi connectivity index (χ0n) is 7.46. The standard InChI is InChI=1S/C9H6F2N2O2/c10-6-1-2-8(7(11)3-6)15-4-9(14)13-5-12/h1-3H,4H2,(H,13,14). The highest BCUT2D eigenvalue weighted by atomic mass is 19.1. The average molecular weight is 212 g/mol. The van der Waals surface area contributed by atoms with Crippen LogP contribution in [0.1, 0.15) is 0 Å². The van der Waals surface area contributed by atoms with Crippen LogP contribution in [-0.2, 0) is 4.79 Å². The number of ether oxygens (including phenoxy) is 1. The van der Waals surface area contributed by atoms with Gasteiger partial charge < -0.3 is 4.74 Å². The average Bonchev–Trinajstić information content (AvgIpc) is 2.17. The summed E-state index contributed by atoms with van der Waals surface area (Å²) in [5, 5.41) is 9.86. The Labute approximate surface area is 84.1 Å². The number of nitrogens with zero attached hydrogens (tertiary/aromatic N) is 1. The first-order valence-corrected chi connectivity index (χ1v) is 3.89. The Bertz CT molecular complexity index is 415. The summed E-state index contributed by atoms with van der Waals surface area (Å²) >= 11 is 0. The maximum Gasteiger partial charge on any atom is 0.270 e. The van der Waals surface area contributed by atoms with E-state index in [1.807, 2.05) is 0 Å². The van der Waals surface area contributed by atoms with Gasteiger partial charge in [0.1, 0.15) is 5.82 Å². The molecule has 0 aromatic heterocycles. The maximum absolute atomic E-state index is 12.9. The van der Waals surface area contributed by atoms with Crippen molar-refractivity contribution in [3.05, 3.63) is 29.8 Å². The highest BCUT2D eigenvalue weighted by Gasteiger charge is 2.07. The van der Waals surface area contributed by atoms with Crippen LogP contribution in [0.5, 0.6) is 5.75 Å². The molecule has 6 heteroatoms. The van der Waals surface area contributed by atoms with E-state index >= 15 is 0 Å². The molecule has 0 unspecified atom stereocenters. The third-order valence-corrected chi connectivity index (χ3v) is 1.45. The Morgan fingerprint density at radius 3 is 2.87 bits per heavy atom. The predicted octanol–water partition coefficient (Wildman–Crippen LogP) is 0.941. The fourth-order valence-corrected chi connectivity index (χ4v) is 0.834. The molecule has 0 spiro atoms. The summed E-state index contributed by atoms with van der Waals surface area (Å²) in [5.41, 5.74) is 0. The van der Waals surface area contributed by atoms with Crippen LogP contribution in [0.4, 0.5) is 8.78 Å². The van der Waals surface area contributed by atoms with E-state index in [9.17, 15) is 13.6 Å². The van der Waals surface area contributed by atoms with E-state index in [2.05, 4.69) is 0 Å². The van der Waals surface area contributed by atoms with E-state index in [1.165, 1.54) is 6.19 Å². The number of amides is 1. The van der Waals surface area contributed by atoms with Crippen LogP contribution in [0.3, 0.4) is 0 Å². The van der Waals surface area contributed by atoms with Gasteiger partial charge in [-0.15, -0.1) is 0 Å². The lowest BCUT2D eigenvalue weighted by Gasteiger charge is -2.04. The van der Waals surface area contributed by atoms with Crippen LogP contribution in [0.15, 0.2) is 18.2 Å². The smallest absolute Gasteiger partial charge is 0.270 e. The summed E-state index contributed by atoms with van der Waals surface area (Å²) in [4.78, 5) is 10.7. The largest absolute Gasteiger partial charge is 0.481 e. The molecular formula is C9H6F2N2O2. The maximum atomic E-state index is 12.9. The Morgan fingerprint density at radius 1 is 1.53 bits per heavy atom. The van der Waals surface area contributed by atoms with Gasteiger partial charge in [-0.25, -0.2) is 8.78 Å². The van der Waals surface area contributed by atoms with E-state index in [0.29, 0.717) is 6.07 Å². The van der Waals surface area contributed by atoms with Crippen molar-refractivity contribution in [2.24, 2.45) is 0 Å². The number of halogens is 2. The molecule has 1 N–H and O–H groups in total. The first-order chi connectivity index (χ1) is 7.13. The molecule has 1 amide bonds. The summed E-state index contributed by atoms with van der Waals surface area (Å²) in [6, 6.07) is 2.70. The fraction of sp³-hybridized carbons (Fsp3) is 0.111. The van der Waals surface area contributed by atoms with Crippen LogP contribution in [0.25, 0.3) is 0 Å². The van der Waals surface area contributed by atoms with Gasteiger partial charge in [-0.1, -0.05) is 0 Å². The molecule has 0 bridgehead atoms. The van der Waals surface area contributed by atoms with Crippen molar-refractivity contribution >= 4 is 5.91 Å². The van der Waals surface area contributed by atoms with Crippen molar-refractivity contribution < 1.29 is 18.3 Å². The van der Waals surface area contributed by atoms with Crippen molar-refractivity contribution in [3.63, 3.8) is 0 Å². The molecule has 0 saturated carbocycles. The van der Waals surface area contributed by atoms with E-state index < -0.39 is 24.1 Å². The Balaban J connectivity index is 2.59. The number of hydrogen-bond acceptors (Lipinski definition) is 3. The highest BCUT2D eigenvalue weighted by Crippen LogP contribution is 2.17. The number of carbonyl (C=O) groups excluding carboxylic acids is 1. The van der Waals surface area contributed by atoms with Crippen LogP contribution in [-0.4, -0.2) is 12.5 Å². The molecule has 0 fully saturated rings. The number of carbonyl (C=O) groups is 1. The second kappa shape index (κ2) is 4.91. The van der Waals surface area contributed by atoms with E-state index in [-0.39, 0.29) is 5.75 Å². The van der Waals surface area contributed by atoms with E-state index in [1.54, 1.807) is 5.32 Å². The summed E-state index contributed by atoms with van der Waals surface area (Å²) in [5.74, 6) is -2.59. The lowest BCUT2D eigenvalue weighted by atomic mass is 10.3. The van der Waals surface area contributed by atoms with Gasteiger partial charge >= 0.3 is 0 Å². The highest BCUT2D eigenvalue weighted by molar-refractivity contribution is 5.78. The fourth-order valence-electron chi connectivity index (χ4n) is 0.834. The number of rotatable bonds is 3. The van der Waals surface area contributed by atoms with Gasteiger partial charge in [-0.05, 0) is 12.1 Å². The van der Waals surface area contributed by atoms with Gasteiger partial charge in [0, 0.05) is 6.07 Å². The molecule has 0 heterocycles. The number of nitrogens with one attached hydrogen (secondary N) is 1. The molecule has 15 heavy (non-hydrogen) atoms. The van der Waals surface area contributed by atoms with Crippen LogP contribution >= 0.6 is 0 Å². The molecule has 0 atom stereocenters. The van der Waals surface area contributed by atoms with Gasteiger partial charge in [0.25, 0.3) is 5.91 Å². The molecule has 0 aliphatic rings. The minimum absolute atomic E-state index is 0.246. The van der Waals surface area contributed by atoms with Gasteiger partial charge in [0.2, 0.25) is 0 Å². The lowest BCUT2D eigenvalue weighted by molar-refractivity contribution is -0.122. The number of hydrogen-bond donors (Lipinski definition) is 1. The van der Waals surface area contributed by atoms with Crippen molar-refractivity contribution in [1.82, 2.24) is 5.32 Å². The van der Waals surface area contributed by atoms with Crippen LogP contribution < -0.4 is 10.1 Å². The molecule has 1 aromatic rings. The third-order valence-electron chi connectivity index (χ3n) is 1.45. The second-order valence-corrected chi connectivity index (χ2v) is 2.52. The van der Waals surface area contributed by atoms with Crippen LogP contribution in [0, 0.1) is 23.1 Å². The number of benzene rings is 1. The van der Waals surface area contributed by atoms with Gasteiger partial charge in [-0.2, -0.15) is 5.26 Å². The van der Waals surface area contributed by atoms with E-state index in [0.717, 1.165) is 12.1 Å². The second-order valence-electron chi connectivity index (χ2n) is 2.52. The first kappa shape index (κ1) is 10.9. The van der Waals surface area contributed by atoms with Gasteiger partial charge in [0.15, 0.2) is 24.4 Å². The molecular weight excluding hydrogens is 206 g/mol. The summed E-state index contributed by atoms with van der Waals surface area (Å²) in [6.07, 6.45) is 1.39. The van der Waals surface area contributed by atoms with Crippen molar-refractivity contribution in [2.45, 2.75) is 0 Å². The monoisotopic (exact) mass is 212 g/mol. The lowest BCUT2D eigenvalue weighted by Crippen LogP contribution is -2.24. The van der Waals surface area contributed by atoms with Crippen molar-refractivity contribution in [2.75, 3.05) is 6.61 Å². The zero-order valence-corrected chi connectivity index (χ0v) is 7.46. The van der Waals surface area contributed by atoms with Crippen molar-refractivity contribution in [3.8, 4) is 11.9 Å². The quantitative estimate of drug-likeness (QED) is 0.599. The van der Waals surface area contributed by atoms with Crippen LogP contribution in [0.2, 0.25) is 0 Å². The van der Waals surface area contributed by atoms with Crippen molar-refractivity contribution in [1.29, 1.82) is 5.26 Å². The Morgan fingerprint density at radius 2 is 2.27 bits per heavy atom. The summed E-state index contributed by atoms with van der Waals surface area (Å²) in [6.45, 7) is -0.504. The molecule has 0 radical (unpaired) electrons. The molecule has 0 saturated heterocycles. The molecule has 1 rings (SSSR count). The van der Waals surface area contributed by atoms with Gasteiger partial charge in [0.05, 0.1) is 0 Å². The summed E-state index contributed by atoms with van der Waals surface area (Å²) in [7, 11) is 0. The third kappa shape index (κ3) is 3.23. The predicted molar refractivity (Wildman–Crippen MR) is 45.6 cm³/mol. The van der Waals surface area contributed by atoms with E-state index in [4.69, 9.17) is 10.00 Å². The minimum Gasteiger partial charge on any atom is -0.481 e.